The minimum atomic E-state index is 0.111. The van der Waals surface area contributed by atoms with Crippen LogP contribution in [-0.4, -0.2) is 72.9 Å². The van der Waals surface area contributed by atoms with Gasteiger partial charge >= 0.3 is 0 Å². The standard InChI is InChI=1S/C29H33N3O3S/c1-35-24-10-8-22(9-11-24)20-27(33)30-14-5-15-31(18-17-30)28(34)21-32-16-12-26-25(13-19-36-26)29(32)23-6-3-2-4-7-23/h2-4,6-11,13,19,29H,5,12,14-18,20-21H2,1H3/t29-/m0/s1. The number of nitrogens with zero attached hydrogens (tertiary/aromatic N) is 3. The van der Waals surface area contributed by atoms with Crippen LogP contribution in [0.2, 0.25) is 0 Å². The van der Waals surface area contributed by atoms with Gasteiger partial charge in [0, 0.05) is 37.6 Å². The van der Waals surface area contributed by atoms with Gasteiger partial charge in [0.05, 0.1) is 26.1 Å². The van der Waals surface area contributed by atoms with Crippen molar-refractivity contribution in [2.24, 2.45) is 0 Å². The second kappa shape index (κ2) is 11.3. The molecule has 2 aliphatic rings. The van der Waals surface area contributed by atoms with Crippen molar-refractivity contribution in [2.75, 3.05) is 46.4 Å². The van der Waals surface area contributed by atoms with Gasteiger partial charge in [0.15, 0.2) is 0 Å². The van der Waals surface area contributed by atoms with E-state index in [4.69, 9.17) is 4.74 Å². The summed E-state index contributed by atoms with van der Waals surface area (Å²) >= 11 is 1.81. The summed E-state index contributed by atoms with van der Waals surface area (Å²) in [5, 5.41) is 2.16. The first-order valence-corrected chi connectivity index (χ1v) is 13.5. The van der Waals surface area contributed by atoms with Crippen LogP contribution in [0.1, 0.15) is 34.0 Å². The Labute approximate surface area is 217 Å². The minimum Gasteiger partial charge on any atom is -0.497 e. The number of hydrogen-bond donors (Lipinski definition) is 0. The molecule has 1 atom stereocenters. The summed E-state index contributed by atoms with van der Waals surface area (Å²) in [5.74, 6) is 1.05. The maximum atomic E-state index is 13.4. The summed E-state index contributed by atoms with van der Waals surface area (Å²) in [6.07, 6.45) is 2.15. The van der Waals surface area contributed by atoms with Gasteiger partial charge in [0.25, 0.3) is 0 Å². The van der Waals surface area contributed by atoms with Crippen molar-refractivity contribution in [1.82, 2.24) is 14.7 Å². The molecule has 2 aromatic carbocycles. The third-order valence-corrected chi connectivity index (χ3v) is 8.23. The van der Waals surface area contributed by atoms with Gasteiger partial charge in [-0.25, -0.2) is 0 Å². The van der Waals surface area contributed by atoms with Crippen molar-refractivity contribution in [3.8, 4) is 5.75 Å². The van der Waals surface area contributed by atoms with E-state index in [0.29, 0.717) is 39.1 Å². The topological polar surface area (TPSA) is 53.1 Å². The second-order valence-electron chi connectivity index (χ2n) is 9.47. The smallest absolute Gasteiger partial charge is 0.236 e. The summed E-state index contributed by atoms with van der Waals surface area (Å²) in [4.78, 5) is 34.0. The van der Waals surface area contributed by atoms with Gasteiger partial charge in [-0.3, -0.25) is 14.5 Å². The summed E-state index contributed by atoms with van der Waals surface area (Å²) in [5.41, 5.74) is 3.54. The number of thiophene rings is 1. The van der Waals surface area contributed by atoms with Crippen molar-refractivity contribution in [3.05, 3.63) is 87.6 Å². The number of amides is 2. The summed E-state index contributed by atoms with van der Waals surface area (Å²) in [6.45, 7) is 3.82. The van der Waals surface area contributed by atoms with Crippen LogP contribution in [0.4, 0.5) is 0 Å². The Balaban J connectivity index is 1.21. The molecule has 188 valence electrons. The molecule has 7 heteroatoms. The van der Waals surface area contributed by atoms with Gasteiger partial charge in [-0.05, 0) is 53.1 Å². The van der Waals surface area contributed by atoms with Crippen LogP contribution < -0.4 is 4.74 Å². The molecule has 0 N–H and O–H groups in total. The molecule has 2 aliphatic heterocycles. The van der Waals surface area contributed by atoms with Crippen LogP contribution in [0.5, 0.6) is 5.75 Å². The molecule has 0 unspecified atom stereocenters. The zero-order valence-corrected chi connectivity index (χ0v) is 21.6. The summed E-state index contributed by atoms with van der Waals surface area (Å²) in [7, 11) is 1.64. The molecule has 3 aromatic rings. The average molecular weight is 504 g/mol. The van der Waals surface area contributed by atoms with Gasteiger partial charge in [0.1, 0.15) is 5.75 Å². The lowest BCUT2D eigenvalue weighted by atomic mass is 9.93. The first-order chi connectivity index (χ1) is 17.6. The van der Waals surface area contributed by atoms with Gasteiger partial charge in [-0.1, -0.05) is 42.5 Å². The molecule has 0 radical (unpaired) electrons. The largest absolute Gasteiger partial charge is 0.497 e. The van der Waals surface area contributed by atoms with E-state index in [1.54, 1.807) is 7.11 Å². The second-order valence-corrected chi connectivity index (χ2v) is 10.5. The molecular weight excluding hydrogens is 470 g/mol. The molecule has 6 nitrogen and oxygen atoms in total. The lowest BCUT2D eigenvalue weighted by Gasteiger charge is -2.37. The molecule has 1 saturated heterocycles. The van der Waals surface area contributed by atoms with E-state index < -0.39 is 0 Å². The third-order valence-electron chi connectivity index (χ3n) is 7.24. The maximum absolute atomic E-state index is 13.4. The Hall–Kier alpha value is -3.16. The number of rotatable bonds is 6. The fourth-order valence-corrected chi connectivity index (χ4v) is 6.19. The van der Waals surface area contributed by atoms with E-state index >= 15 is 0 Å². The van der Waals surface area contributed by atoms with Crippen LogP contribution in [-0.2, 0) is 22.4 Å². The molecule has 2 amide bonds. The van der Waals surface area contributed by atoms with Crippen molar-refractivity contribution in [1.29, 1.82) is 0 Å². The Morgan fingerprint density at radius 1 is 0.889 bits per heavy atom. The van der Waals surface area contributed by atoms with Crippen LogP contribution in [0.15, 0.2) is 66.0 Å². The Morgan fingerprint density at radius 2 is 1.61 bits per heavy atom. The van der Waals surface area contributed by atoms with Gasteiger partial charge in [-0.2, -0.15) is 0 Å². The quantitative estimate of drug-likeness (QED) is 0.510. The highest BCUT2D eigenvalue weighted by Gasteiger charge is 2.32. The molecular formula is C29H33N3O3S. The highest BCUT2D eigenvalue weighted by molar-refractivity contribution is 7.10. The summed E-state index contributed by atoms with van der Waals surface area (Å²) in [6, 6.07) is 20.5. The molecule has 0 aliphatic carbocycles. The number of benzene rings is 2. The van der Waals surface area contributed by atoms with Crippen LogP contribution >= 0.6 is 11.3 Å². The van der Waals surface area contributed by atoms with Crippen LogP contribution in [0.25, 0.3) is 0 Å². The predicted octanol–water partition coefficient (Wildman–Crippen LogP) is 4.01. The number of ether oxygens (including phenoxy) is 1. The third kappa shape index (κ3) is 5.47. The molecule has 3 heterocycles. The number of hydrogen-bond acceptors (Lipinski definition) is 5. The van der Waals surface area contributed by atoms with E-state index in [9.17, 15) is 9.59 Å². The van der Waals surface area contributed by atoms with Crippen molar-refractivity contribution in [3.63, 3.8) is 0 Å². The number of methoxy groups -OCH3 is 1. The maximum Gasteiger partial charge on any atom is 0.236 e. The van der Waals surface area contributed by atoms with Crippen molar-refractivity contribution >= 4 is 23.2 Å². The Bertz CT molecular complexity index is 1180. The zero-order valence-electron chi connectivity index (χ0n) is 20.8. The molecule has 0 spiro atoms. The number of fused-ring (bicyclic) bond motifs is 1. The SMILES string of the molecule is COc1ccc(CC(=O)N2CCCN(C(=O)CN3CCc4sccc4[C@@H]3c3ccccc3)CC2)cc1. The number of carbonyl (C=O) groups is 2. The molecule has 0 bridgehead atoms. The molecule has 0 saturated carbocycles. The summed E-state index contributed by atoms with van der Waals surface area (Å²) < 4.78 is 5.20. The predicted molar refractivity (Wildman–Crippen MR) is 142 cm³/mol. The van der Waals surface area contributed by atoms with Crippen molar-refractivity contribution in [2.45, 2.75) is 25.3 Å². The zero-order chi connectivity index (χ0) is 24.9. The van der Waals surface area contributed by atoms with Crippen LogP contribution in [0.3, 0.4) is 0 Å². The Kier molecular flexibility index (Phi) is 7.68. The first-order valence-electron chi connectivity index (χ1n) is 12.7. The highest BCUT2D eigenvalue weighted by atomic mass is 32.1. The molecule has 36 heavy (non-hydrogen) atoms. The van der Waals surface area contributed by atoms with Crippen molar-refractivity contribution < 1.29 is 14.3 Å². The molecule has 1 aromatic heterocycles. The minimum absolute atomic E-state index is 0.111. The van der Waals surface area contributed by atoms with Crippen LogP contribution in [0, 0.1) is 0 Å². The number of carbonyl (C=O) groups excluding carboxylic acids is 2. The first kappa shape index (κ1) is 24.5. The van der Waals surface area contributed by atoms with Gasteiger partial charge in [0.2, 0.25) is 11.8 Å². The van der Waals surface area contributed by atoms with E-state index in [-0.39, 0.29) is 17.9 Å². The van der Waals surface area contributed by atoms with Gasteiger partial charge in [-0.15, -0.1) is 11.3 Å². The highest BCUT2D eigenvalue weighted by Crippen LogP contribution is 2.37. The van der Waals surface area contributed by atoms with E-state index in [1.807, 2.05) is 51.5 Å². The van der Waals surface area contributed by atoms with E-state index in [1.165, 1.54) is 16.0 Å². The Morgan fingerprint density at radius 3 is 2.33 bits per heavy atom. The lowest BCUT2D eigenvalue weighted by molar-refractivity contribution is -0.134. The molecule has 5 rings (SSSR count). The monoisotopic (exact) mass is 503 g/mol. The van der Waals surface area contributed by atoms with E-state index in [2.05, 4.69) is 40.6 Å². The van der Waals surface area contributed by atoms with Gasteiger partial charge < -0.3 is 14.5 Å². The van der Waals surface area contributed by atoms with E-state index in [0.717, 1.165) is 30.7 Å². The average Bonchev–Trinajstić information content (AvgIpc) is 3.24. The fourth-order valence-electron chi connectivity index (χ4n) is 5.28. The fraction of sp³-hybridized carbons (Fsp3) is 0.379. The lowest BCUT2D eigenvalue weighted by Crippen LogP contribution is -2.45. The normalized spacial score (nSPS) is 18.4. The molecule has 1 fully saturated rings.